The molecule has 0 aliphatic rings. The molecule has 0 aliphatic carbocycles. The van der Waals surface area contributed by atoms with Crippen molar-refractivity contribution in [3.63, 3.8) is 0 Å². The van der Waals surface area contributed by atoms with Gasteiger partial charge >= 0.3 is 49.8 Å². The van der Waals surface area contributed by atoms with Crippen LogP contribution in [0.1, 0.15) is 1.43 Å². The number of hydrogen-bond acceptors (Lipinski definition) is 1. The monoisotopic (exact) mass is 230 g/mol. The molecule has 0 radical (unpaired) electrons. The molecule has 0 spiro atoms. The Balaban J connectivity index is -0.00000000167. The average molecular weight is 227 g/mol. The molecule has 0 fully saturated rings. The fourth-order valence-electron chi connectivity index (χ4n) is 0. The van der Waals surface area contributed by atoms with Crippen molar-refractivity contribution in [2.45, 2.75) is 0 Å². The van der Waals surface area contributed by atoms with Crippen LogP contribution in [-0.2, 0) is 31.1 Å². The van der Waals surface area contributed by atoms with E-state index < -0.39 is 0 Å². The van der Waals surface area contributed by atoms with Gasteiger partial charge in [-0.15, -0.1) is 0 Å². The van der Waals surface area contributed by atoms with E-state index in [0.717, 1.165) is 0 Å². The van der Waals surface area contributed by atoms with Gasteiger partial charge in [0.25, 0.3) is 0 Å². The second-order valence-electron chi connectivity index (χ2n) is 0. The zero-order chi connectivity index (χ0) is 2.00. The van der Waals surface area contributed by atoms with Crippen LogP contribution in [-0.4, -0.2) is 16.5 Å². The van der Waals surface area contributed by atoms with Gasteiger partial charge in [0.2, 0.25) is 0 Å². The first-order valence-corrected chi connectivity index (χ1v) is 1.50. The standard InChI is InChI=1S/Cd.GeH2O.Na.H/c;1-2;;/h;1H2;;/q;;+1;-1. The Labute approximate surface area is 77.3 Å². The molecule has 0 aromatic carbocycles. The van der Waals surface area contributed by atoms with E-state index in [1.54, 1.807) is 0 Å². The SMILES string of the molecule is [Cd].[H-].[Na+].[O]=[GeH2]. The average Bonchev–Trinajstić information content (AvgIpc) is 1.00. The first-order chi connectivity index (χ1) is 1.00. The molecule has 0 amide bonds. The normalized spacial score (nSPS) is 1.00. The second kappa shape index (κ2) is 18.7. The minimum atomic E-state index is 0. The predicted octanol–water partition coefficient (Wildman–Crippen LogP) is -3.92. The van der Waals surface area contributed by atoms with Crippen LogP contribution in [0.4, 0.5) is 0 Å². The van der Waals surface area contributed by atoms with Crippen LogP contribution in [0.15, 0.2) is 0 Å². The molecular formula is H3CdGeNaO. The molecule has 16 valence electrons. The summed E-state index contributed by atoms with van der Waals surface area (Å²) in [6, 6.07) is 0. The van der Waals surface area contributed by atoms with Crippen LogP contribution in [0.25, 0.3) is 0 Å². The fraction of sp³-hybridized carbons (Fsp3) is 0. The van der Waals surface area contributed by atoms with Gasteiger partial charge in [-0.25, -0.2) is 0 Å². The third-order valence-electron chi connectivity index (χ3n) is 0. The molecule has 0 rings (SSSR count). The maximum atomic E-state index is 8.38. The van der Waals surface area contributed by atoms with Crippen molar-refractivity contribution >= 4 is 16.5 Å². The van der Waals surface area contributed by atoms with Crippen molar-refractivity contribution in [1.82, 2.24) is 0 Å². The molecule has 0 N–H and O–H groups in total. The van der Waals surface area contributed by atoms with Crippen molar-refractivity contribution in [3.8, 4) is 0 Å². The Morgan fingerprint density at radius 1 is 1.50 bits per heavy atom. The molecule has 0 unspecified atom stereocenters. The number of hydrogen-bond donors (Lipinski definition) is 0. The summed E-state index contributed by atoms with van der Waals surface area (Å²) in [5.41, 5.74) is 0. The van der Waals surface area contributed by atoms with Crippen molar-refractivity contribution in [2.24, 2.45) is 0 Å². The zero-order valence-corrected chi connectivity index (χ0v) is 11.8. The molecule has 0 aliphatic heterocycles. The third-order valence-corrected chi connectivity index (χ3v) is 0. The summed E-state index contributed by atoms with van der Waals surface area (Å²) in [7, 11) is 0. The van der Waals surface area contributed by atoms with Gasteiger partial charge < -0.3 is 1.43 Å². The minimum absolute atomic E-state index is 0. The first-order valence-electron chi connectivity index (χ1n) is 0.289. The fourth-order valence-corrected chi connectivity index (χ4v) is 0. The molecule has 4 heteroatoms. The van der Waals surface area contributed by atoms with Crippen LogP contribution >= 0.6 is 0 Å². The Bertz CT molecular complexity index is 11.6. The summed E-state index contributed by atoms with van der Waals surface area (Å²) in [5.74, 6) is 0. The Morgan fingerprint density at radius 2 is 1.50 bits per heavy atom. The van der Waals surface area contributed by atoms with Crippen LogP contribution < -0.4 is 29.6 Å². The van der Waals surface area contributed by atoms with Gasteiger partial charge in [0.05, 0.1) is 0 Å². The van der Waals surface area contributed by atoms with Gasteiger partial charge in [0.1, 0.15) is 0 Å². The molecule has 1 nitrogen and oxygen atoms in total. The topological polar surface area (TPSA) is 17.1 Å². The predicted molar refractivity (Wildman–Crippen MR) is 10.3 cm³/mol. The van der Waals surface area contributed by atoms with E-state index in [4.69, 9.17) is 3.78 Å². The molecule has 0 saturated carbocycles. The first kappa shape index (κ1) is 16.3. The second-order valence-corrected chi connectivity index (χ2v) is 0. The third kappa shape index (κ3) is 8.86. The summed E-state index contributed by atoms with van der Waals surface area (Å²) < 4.78 is 8.38. The van der Waals surface area contributed by atoms with Crippen LogP contribution in [0.2, 0.25) is 0 Å². The van der Waals surface area contributed by atoms with Gasteiger partial charge in [-0.3, -0.25) is 0 Å². The summed E-state index contributed by atoms with van der Waals surface area (Å²) in [6.07, 6.45) is 0. The molecule has 4 heavy (non-hydrogen) atoms. The summed E-state index contributed by atoms with van der Waals surface area (Å²) in [5, 5.41) is 0. The maximum absolute atomic E-state index is 8.38. The van der Waals surface area contributed by atoms with Crippen molar-refractivity contribution in [1.29, 1.82) is 0 Å². The van der Waals surface area contributed by atoms with Gasteiger partial charge in [0.15, 0.2) is 0 Å². The molecule has 0 heterocycles. The Kier molecular flexibility index (Phi) is 76.0. The van der Waals surface area contributed by atoms with E-state index in [2.05, 4.69) is 0 Å². The molecule has 0 saturated heterocycles. The Hall–Kier alpha value is 2.26. The van der Waals surface area contributed by atoms with Crippen LogP contribution in [0.5, 0.6) is 0 Å². The molecule has 0 bridgehead atoms. The molecule has 0 atom stereocenters. The van der Waals surface area contributed by atoms with E-state index in [1.165, 1.54) is 0 Å². The van der Waals surface area contributed by atoms with E-state index in [0.29, 0.717) is 0 Å². The van der Waals surface area contributed by atoms with Gasteiger partial charge in [-0.05, 0) is 0 Å². The molecular weight excluding hydrogens is 224 g/mol. The zero-order valence-electron chi connectivity index (χ0n) is 3.82. The molecule has 0 aromatic heterocycles. The van der Waals surface area contributed by atoms with Gasteiger partial charge in [-0.2, -0.15) is 0 Å². The van der Waals surface area contributed by atoms with E-state index in [1.807, 2.05) is 0 Å². The molecule has 0 aromatic rings. The van der Waals surface area contributed by atoms with Crippen LogP contribution in [0, 0.1) is 0 Å². The van der Waals surface area contributed by atoms with Crippen molar-refractivity contribution in [3.05, 3.63) is 0 Å². The quantitative estimate of drug-likeness (QED) is 0.386. The number of rotatable bonds is 0. The van der Waals surface area contributed by atoms with Crippen LogP contribution in [0.3, 0.4) is 0 Å². The summed E-state index contributed by atoms with van der Waals surface area (Å²) in [6.45, 7) is 0. The van der Waals surface area contributed by atoms with E-state index in [9.17, 15) is 0 Å². The summed E-state index contributed by atoms with van der Waals surface area (Å²) in [4.78, 5) is 0. The van der Waals surface area contributed by atoms with Gasteiger partial charge in [-0.1, -0.05) is 0 Å². The van der Waals surface area contributed by atoms with E-state index >= 15 is 0 Å². The van der Waals surface area contributed by atoms with Gasteiger partial charge in [0, 0.05) is 27.3 Å². The Morgan fingerprint density at radius 3 is 1.50 bits per heavy atom. The van der Waals surface area contributed by atoms with E-state index in [-0.39, 0.29) is 74.7 Å². The van der Waals surface area contributed by atoms with Crippen molar-refractivity contribution < 1.29 is 62.1 Å². The summed E-state index contributed by atoms with van der Waals surface area (Å²) >= 11 is 0.125. The van der Waals surface area contributed by atoms with Crippen molar-refractivity contribution in [2.75, 3.05) is 0 Å².